The number of rotatable bonds is 33. The lowest BCUT2D eigenvalue weighted by atomic mass is 9.80. The molecule has 3 rings (SSSR count). The molecule has 0 bridgehead atoms. The standard InChI is InChI=1S/C39H55BrO10/c40-16-17-41-18-19-42-20-21-43-22-23-44-24-25-45-26-27-46-28-29-47-30-31-48-32-33-49-34-35-50-39(36-10-4-1-5-11-36,37-12-6-2-7-13-37)38-14-8-3-9-15-38/h1-15H,16-35H2. The second-order valence-corrected chi connectivity index (χ2v) is 11.6. The molecule has 3 aromatic rings. The topological polar surface area (TPSA) is 92.3 Å². The molecular weight excluding hydrogens is 708 g/mol. The minimum atomic E-state index is -0.748. The van der Waals surface area contributed by atoms with Crippen molar-refractivity contribution in [3.05, 3.63) is 108 Å². The molecule has 0 aromatic heterocycles. The maximum Gasteiger partial charge on any atom is 0.143 e. The molecule has 0 heterocycles. The summed E-state index contributed by atoms with van der Waals surface area (Å²) in [5.74, 6) is 0. The van der Waals surface area contributed by atoms with Crippen LogP contribution in [-0.4, -0.2) is 131 Å². The molecule has 0 amide bonds. The fraction of sp³-hybridized carbons (Fsp3) is 0.538. The van der Waals surface area contributed by atoms with E-state index in [-0.39, 0.29) is 0 Å². The zero-order valence-corrected chi connectivity index (χ0v) is 30.8. The van der Waals surface area contributed by atoms with Gasteiger partial charge in [0.1, 0.15) is 5.60 Å². The van der Waals surface area contributed by atoms with Crippen molar-refractivity contribution in [2.24, 2.45) is 0 Å². The van der Waals surface area contributed by atoms with Crippen LogP contribution in [-0.2, 0) is 53.0 Å². The molecular formula is C39H55BrO10. The van der Waals surface area contributed by atoms with Crippen molar-refractivity contribution in [1.29, 1.82) is 0 Å². The van der Waals surface area contributed by atoms with Gasteiger partial charge in [0.2, 0.25) is 0 Å². The molecule has 0 radical (unpaired) electrons. The van der Waals surface area contributed by atoms with Crippen LogP contribution in [0.4, 0.5) is 0 Å². The van der Waals surface area contributed by atoms with Gasteiger partial charge in [-0.2, -0.15) is 0 Å². The summed E-state index contributed by atoms with van der Waals surface area (Å²) < 4.78 is 56.5. The van der Waals surface area contributed by atoms with Gasteiger partial charge in [-0.15, -0.1) is 0 Å². The average molecular weight is 764 g/mol. The normalized spacial score (nSPS) is 11.7. The van der Waals surface area contributed by atoms with Gasteiger partial charge in [0.15, 0.2) is 0 Å². The molecule has 11 heteroatoms. The van der Waals surface area contributed by atoms with E-state index in [4.69, 9.17) is 47.4 Å². The summed E-state index contributed by atoms with van der Waals surface area (Å²) in [6, 6.07) is 31.0. The van der Waals surface area contributed by atoms with Crippen LogP contribution in [0.5, 0.6) is 0 Å². The molecule has 0 atom stereocenters. The summed E-state index contributed by atoms with van der Waals surface area (Å²) in [6.45, 7) is 9.90. The van der Waals surface area contributed by atoms with Crippen LogP contribution < -0.4 is 0 Å². The van der Waals surface area contributed by atoms with Crippen LogP contribution in [0.25, 0.3) is 0 Å². The minimum Gasteiger partial charge on any atom is -0.378 e. The monoisotopic (exact) mass is 762 g/mol. The van der Waals surface area contributed by atoms with E-state index in [2.05, 4.69) is 52.3 Å². The molecule has 0 N–H and O–H groups in total. The van der Waals surface area contributed by atoms with Crippen LogP contribution in [0, 0.1) is 0 Å². The largest absolute Gasteiger partial charge is 0.378 e. The van der Waals surface area contributed by atoms with Crippen molar-refractivity contribution in [1.82, 2.24) is 0 Å². The highest BCUT2D eigenvalue weighted by Crippen LogP contribution is 2.40. The molecule has 0 aliphatic heterocycles. The van der Waals surface area contributed by atoms with E-state index in [0.717, 1.165) is 22.0 Å². The first-order valence-corrected chi connectivity index (χ1v) is 18.6. The lowest BCUT2D eigenvalue weighted by Gasteiger charge is -2.36. The summed E-state index contributed by atoms with van der Waals surface area (Å²) in [4.78, 5) is 0. The first-order chi connectivity index (χ1) is 24.9. The van der Waals surface area contributed by atoms with Crippen molar-refractivity contribution < 1.29 is 47.4 Å². The Hall–Kier alpha value is -2.26. The third-order valence-corrected chi connectivity index (χ3v) is 7.61. The fourth-order valence-electron chi connectivity index (χ4n) is 4.94. The van der Waals surface area contributed by atoms with Gasteiger partial charge in [-0.05, 0) is 16.7 Å². The number of ether oxygens (including phenoxy) is 10. The van der Waals surface area contributed by atoms with E-state index in [0.29, 0.717) is 126 Å². The first kappa shape index (κ1) is 42.2. The number of hydrogen-bond donors (Lipinski definition) is 0. The SMILES string of the molecule is BrCCOCCOCCOCCOCCOCCOCCOCCOCCOCCOC(c1ccccc1)(c1ccccc1)c1ccccc1. The average Bonchev–Trinajstić information content (AvgIpc) is 3.17. The summed E-state index contributed by atoms with van der Waals surface area (Å²) >= 11 is 3.31. The van der Waals surface area contributed by atoms with E-state index in [1.54, 1.807) is 0 Å². The predicted octanol–water partition coefficient (Wildman–Crippen LogP) is 5.54. The molecule has 10 nitrogen and oxygen atoms in total. The molecule has 0 fully saturated rings. The van der Waals surface area contributed by atoms with Crippen LogP contribution in [0.2, 0.25) is 0 Å². The molecule has 50 heavy (non-hydrogen) atoms. The summed E-state index contributed by atoms with van der Waals surface area (Å²) in [5.41, 5.74) is 2.46. The Labute approximate surface area is 306 Å². The van der Waals surface area contributed by atoms with E-state index in [1.165, 1.54) is 0 Å². The molecule has 0 saturated heterocycles. The number of alkyl halides is 1. The van der Waals surface area contributed by atoms with E-state index in [1.807, 2.05) is 54.6 Å². The van der Waals surface area contributed by atoms with Crippen molar-refractivity contribution >= 4 is 15.9 Å². The highest BCUT2D eigenvalue weighted by Gasteiger charge is 2.37. The first-order valence-electron chi connectivity index (χ1n) is 17.4. The van der Waals surface area contributed by atoms with E-state index < -0.39 is 5.60 Å². The smallest absolute Gasteiger partial charge is 0.143 e. The second kappa shape index (κ2) is 29.3. The van der Waals surface area contributed by atoms with Gasteiger partial charge >= 0.3 is 0 Å². The predicted molar refractivity (Wildman–Crippen MR) is 196 cm³/mol. The third kappa shape index (κ3) is 17.8. The quantitative estimate of drug-likeness (QED) is 0.0448. The summed E-state index contributed by atoms with van der Waals surface area (Å²) in [6.07, 6.45) is 0. The van der Waals surface area contributed by atoms with Crippen molar-refractivity contribution in [2.75, 3.05) is 131 Å². The Morgan fingerprint density at radius 1 is 0.300 bits per heavy atom. The highest BCUT2D eigenvalue weighted by molar-refractivity contribution is 9.09. The van der Waals surface area contributed by atoms with Gasteiger partial charge in [-0.3, -0.25) is 0 Å². The molecule has 0 saturated carbocycles. The fourth-order valence-corrected chi connectivity index (χ4v) is 5.17. The van der Waals surface area contributed by atoms with Crippen LogP contribution in [0.15, 0.2) is 91.0 Å². The molecule has 0 unspecified atom stereocenters. The van der Waals surface area contributed by atoms with Gasteiger partial charge in [0, 0.05) is 5.33 Å². The Morgan fingerprint density at radius 3 is 0.760 bits per heavy atom. The number of benzene rings is 3. The Morgan fingerprint density at radius 2 is 0.520 bits per heavy atom. The van der Waals surface area contributed by atoms with Crippen molar-refractivity contribution in [2.45, 2.75) is 5.60 Å². The van der Waals surface area contributed by atoms with Gasteiger partial charge in [-0.25, -0.2) is 0 Å². The number of hydrogen-bond acceptors (Lipinski definition) is 10. The van der Waals surface area contributed by atoms with E-state index >= 15 is 0 Å². The summed E-state index contributed by atoms with van der Waals surface area (Å²) in [7, 11) is 0. The lowest BCUT2D eigenvalue weighted by molar-refractivity contribution is -0.0399. The van der Waals surface area contributed by atoms with Gasteiger partial charge in [-0.1, -0.05) is 107 Å². The van der Waals surface area contributed by atoms with Crippen molar-refractivity contribution in [3.8, 4) is 0 Å². The number of halogens is 1. The third-order valence-electron chi connectivity index (χ3n) is 7.28. The second-order valence-electron chi connectivity index (χ2n) is 10.8. The highest BCUT2D eigenvalue weighted by atomic mass is 79.9. The zero-order valence-electron chi connectivity index (χ0n) is 29.3. The van der Waals surface area contributed by atoms with Crippen LogP contribution in [0.1, 0.15) is 16.7 Å². The summed E-state index contributed by atoms with van der Waals surface area (Å²) in [5, 5.41) is 0.836. The Kier molecular flexibility index (Phi) is 24.7. The Balaban J connectivity index is 1.11. The lowest BCUT2D eigenvalue weighted by Crippen LogP contribution is -2.34. The maximum absolute atomic E-state index is 6.73. The Bertz CT molecular complexity index is 1060. The molecule has 3 aromatic carbocycles. The molecule has 0 spiro atoms. The van der Waals surface area contributed by atoms with Gasteiger partial charge in [0.05, 0.1) is 126 Å². The van der Waals surface area contributed by atoms with Crippen molar-refractivity contribution in [3.63, 3.8) is 0 Å². The van der Waals surface area contributed by atoms with Crippen LogP contribution >= 0.6 is 15.9 Å². The molecule has 0 aliphatic carbocycles. The van der Waals surface area contributed by atoms with Crippen LogP contribution in [0.3, 0.4) is 0 Å². The van der Waals surface area contributed by atoms with E-state index in [9.17, 15) is 0 Å². The minimum absolute atomic E-state index is 0.419. The molecule has 278 valence electrons. The maximum atomic E-state index is 6.73. The zero-order chi connectivity index (χ0) is 35.1. The molecule has 0 aliphatic rings. The van der Waals surface area contributed by atoms with Gasteiger partial charge in [0.25, 0.3) is 0 Å². The van der Waals surface area contributed by atoms with Gasteiger partial charge < -0.3 is 47.4 Å².